The van der Waals surface area contributed by atoms with Crippen LogP contribution < -0.4 is 0 Å². The molecule has 0 aliphatic carbocycles. The van der Waals surface area contributed by atoms with E-state index in [2.05, 4.69) is 47.7 Å². The van der Waals surface area contributed by atoms with Crippen LogP contribution in [-0.2, 0) is 18.4 Å². The fraction of sp³-hybridized carbons (Fsp3) is 0.471. The molecule has 1 unspecified atom stereocenters. The number of hydrogen-bond donors (Lipinski definition) is 1. The van der Waals surface area contributed by atoms with E-state index in [0.717, 1.165) is 19.5 Å². The van der Waals surface area contributed by atoms with Gasteiger partial charge < -0.3 is 9.67 Å². The van der Waals surface area contributed by atoms with Crippen molar-refractivity contribution in [2.75, 3.05) is 13.1 Å². The van der Waals surface area contributed by atoms with Crippen molar-refractivity contribution < 1.29 is 9.90 Å². The summed E-state index contributed by atoms with van der Waals surface area (Å²) in [6.07, 6.45) is 0.728. The maximum atomic E-state index is 11.4. The molecule has 1 aliphatic heterocycles. The van der Waals surface area contributed by atoms with Crippen LogP contribution in [0.25, 0.3) is 10.9 Å². The van der Waals surface area contributed by atoms with Crippen LogP contribution in [0.15, 0.2) is 24.3 Å². The third-order valence-electron chi connectivity index (χ3n) is 4.95. The quantitative estimate of drug-likeness (QED) is 0.943. The lowest BCUT2D eigenvalue weighted by atomic mass is 9.90. The summed E-state index contributed by atoms with van der Waals surface area (Å²) in [5.41, 5.74) is 3.23. The van der Waals surface area contributed by atoms with Crippen molar-refractivity contribution in [3.63, 3.8) is 0 Å². The van der Waals surface area contributed by atoms with Gasteiger partial charge in [0.1, 0.15) is 0 Å². The predicted molar refractivity (Wildman–Crippen MR) is 83.3 cm³/mol. The molecule has 0 saturated carbocycles. The zero-order valence-corrected chi connectivity index (χ0v) is 12.9. The highest BCUT2D eigenvalue weighted by Crippen LogP contribution is 2.32. The maximum Gasteiger partial charge on any atom is 0.310 e. The molecule has 2 aromatic rings. The number of carbonyl (C=O) groups is 1. The van der Waals surface area contributed by atoms with Gasteiger partial charge in [-0.1, -0.05) is 18.2 Å². The Morgan fingerprint density at radius 1 is 1.38 bits per heavy atom. The predicted octanol–water partition coefficient (Wildman–Crippen LogP) is 2.78. The molecule has 0 spiro atoms. The Morgan fingerprint density at radius 3 is 2.71 bits per heavy atom. The van der Waals surface area contributed by atoms with E-state index in [0.29, 0.717) is 6.54 Å². The number of aryl methyl sites for hydroxylation is 2. The molecule has 1 aliphatic rings. The van der Waals surface area contributed by atoms with E-state index >= 15 is 0 Å². The van der Waals surface area contributed by atoms with Crippen molar-refractivity contribution >= 4 is 16.9 Å². The number of aliphatic carboxylic acids is 1. The summed E-state index contributed by atoms with van der Waals surface area (Å²) in [5, 5.41) is 10.6. The summed E-state index contributed by atoms with van der Waals surface area (Å²) in [6.45, 7) is 6.31. The Bertz CT molecular complexity index is 665. The van der Waals surface area contributed by atoms with Crippen LogP contribution >= 0.6 is 0 Å². The number of rotatable bonds is 3. The summed E-state index contributed by atoms with van der Waals surface area (Å²) in [6, 6.07) is 8.41. The number of likely N-dealkylation sites (tertiary alicyclic amines) is 1. The minimum Gasteiger partial charge on any atom is -0.481 e. The maximum absolute atomic E-state index is 11.4. The zero-order chi connectivity index (χ0) is 15.2. The summed E-state index contributed by atoms with van der Waals surface area (Å²) in [5.74, 6) is -0.682. The number of benzene rings is 1. The second-order valence-corrected chi connectivity index (χ2v) is 6.47. The fourth-order valence-electron chi connectivity index (χ4n) is 3.44. The van der Waals surface area contributed by atoms with Crippen LogP contribution in [0.1, 0.15) is 24.6 Å². The first-order valence-electron chi connectivity index (χ1n) is 7.41. The molecule has 0 bridgehead atoms. The minimum atomic E-state index is -0.682. The molecular formula is C17H22N2O2. The smallest absolute Gasteiger partial charge is 0.310 e. The summed E-state index contributed by atoms with van der Waals surface area (Å²) < 4.78 is 2.24. The van der Waals surface area contributed by atoms with E-state index in [4.69, 9.17) is 0 Å². The van der Waals surface area contributed by atoms with Crippen LogP contribution in [0, 0.1) is 12.3 Å². The first kappa shape index (κ1) is 14.1. The Labute approximate surface area is 125 Å². The van der Waals surface area contributed by atoms with Crippen molar-refractivity contribution in [2.24, 2.45) is 12.5 Å². The molecule has 1 saturated heterocycles. The molecule has 4 heteroatoms. The Morgan fingerprint density at radius 2 is 2.10 bits per heavy atom. The van der Waals surface area contributed by atoms with E-state index in [1.54, 1.807) is 0 Å². The highest BCUT2D eigenvalue weighted by molar-refractivity contribution is 5.85. The average Bonchev–Trinajstić information content (AvgIpc) is 2.95. The SMILES string of the molecule is Cc1c(CN2CCC(C)(C(=O)O)C2)n(C)c2ccccc12. The molecule has 1 aromatic carbocycles. The first-order chi connectivity index (χ1) is 9.92. The van der Waals surface area contributed by atoms with Crippen LogP contribution in [-0.4, -0.2) is 33.6 Å². The van der Waals surface area contributed by atoms with Crippen LogP contribution in [0.3, 0.4) is 0 Å². The lowest BCUT2D eigenvalue weighted by Crippen LogP contribution is -2.31. The molecule has 0 amide bonds. The van der Waals surface area contributed by atoms with Gasteiger partial charge >= 0.3 is 5.97 Å². The summed E-state index contributed by atoms with van der Waals surface area (Å²) in [4.78, 5) is 13.6. The number of nitrogens with zero attached hydrogens (tertiary/aromatic N) is 2. The van der Waals surface area contributed by atoms with Crippen molar-refractivity contribution in [2.45, 2.75) is 26.8 Å². The van der Waals surface area contributed by atoms with Gasteiger partial charge in [-0.2, -0.15) is 0 Å². The fourth-order valence-corrected chi connectivity index (χ4v) is 3.44. The number of carboxylic acid groups (broad SMARTS) is 1. The second kappa shape index (κ2) is 4.88. The third kappa shape index (κ3) is 2.23. The Kier molecular flexibility index (Phi) is 3.29. The number of carboxylic acids is 1. The lowest BCUT2D eigenvalue weighted by Gasteiger charge is -2.20. The minimum absolute atomic E-state index is 0.599. The van der Waals surface area contributed by atoms with Crippen LogP contribution in [0.2, 0.25) is 0 Å². The van der Waals surface area contributed by atoms with Crippen molar-refractivity contribution in [1.82, 2.24) is 9.47 Å². The topological polar surface area (TPSA) is 45.5 Å². The highest BCUT2D eigenvalue weighted by atomic mass is 16.4. The molecular weight excluding hydrogens is 264 g/mol. The lowest BCUT2D eigenvalue weighted by molar-refractivity contribution is -0.147. The van der Waals surface area contributed by atoms with Gasteiger partial charge in [-0.3, -0.25) is 9.69 Å². The number of fused-ring (bicyclic) bond motifs is 1. The largest absolute Gasteiger partial charge is 0.481 e. The second-order valence-electron chi connectivity index (χ2n) is 6.47. The summed E-state index contributed by atoms with van der Waals surface area (Å²) >= 11 is 0. The average molecular weight is 286 g/mol. The van der Waals surface area contributed by atoms with Crippen molar-refractivity contribution in [3.05, 3.63) is 35.5 Å². The normalized spacial score (nSPS) is 23.0. The number of hydrogen-bond acceptors (Lipinski definition) is 2. The van der Waals surface area contributed by atoms with Gasteiger partial charge in [0.25, 0.3) is 0 Å². The Hall–Kier alpha value is -1.81. The van der Waals surface area contributed by atoms with Gasteiger partial charge in [0, 0.05) is 36.7 Å². The molecule has 21 heavy (non-hydrogen) atoms. The van der Waals surface area contributed by atoms with E-state index in [9.17, 15) is 9.90 Å². The van der Waals surface area contributed by atoms with Crippen molar-refractivity contribution in [3.8, 4) is 0 Å². The summed E-state index contributed by atoms with van der Waals surface area (Å²) in [7, 11) is 2.09. The molecule has 4 nitrogen and oxygen atoms in total. The molecule has 1 atom stereocenters. The van der Waals surface area contributed by atoms with Gasteiger partial charge in [-0.05, 0) is 38.4 Å². The van der Waals surface area contributed by atoms with Crippen LogP contribution in [0.5, 0.6) is 0 Å². The van der Waals surface area contributed by atoms with Gasteiger partial charge in [0.05, 0.1) is 5.41 Å². The number of para-hydroxylation sites is 1. The molecule has 3 rings (SSSR count). The van der Waals surface area contributed by atoms with E-state index in [-0.39, 0.29) is 0 Å². The molecule has 112 valence electrons. The van der Waals surface area contributed by atoms with Gasteiger partial charge in [-0.15, -0.1) is 0 Å². The molecule has 1 N–H and O–H groups in total. The van der Waals surface area contributed by atoms with Gasteiger partial charge in [0.2, 0.25) is 0 Å². The van der Waals surface area contributed by atoms with Crippen molar-refractivity contribution in [1.29, 1.82) is 0 Å². The van der Waals surface area contributed by atoms with E-state index in [1.165, 1.54) is 22.2 Å². The highest BCUT2D eigenvalue weighted by Gasteiger charge is 2.40. The molecule has 0 radical (unpaired) electrons. The van der Waals surface area contributed by atoms with Gasteiger partial charge in [-0.25, -0.2) is 0 Å². The molecule has 2 heterocycles. The zero-order valence-electron chi connectivity index (χ0n) is 12.9. The first-order valence-corrected chi connectivity index (χ1v) is 7.41. The van der Waals surface area contributed by atoms with E-state index < -0.39 is 11.4 Å². The third-order valence-corrected chi connectivity index (χ3v) is 4.95. The van der Waals surface area contributed by atoms with E-state index in [1.807, 2.05) is 6.92 Å². The number of aromatic nitrogens is 1. The standard InChI is InChI=1S/C17H22N2O2/c1-12-13-6-4-5-7-14(13)18(3)15(12)10-19-9-8-17(2,11-19)16(20)21/h4-7H,8-11H2,1-3H3,(H,20,21). The molecule has 1 aromatic heterocycles. The molecule has 1 fully saturated rings. The van der Waals surface area contributed by atoms with Gasteiger partial charge in [0.15, 0.2) is 0 Å². The van der Waals surface area contributed by atoms with Crippen LogP contribution in [0.4, 0.5) is 0 Å². The monoisotopic (exact) mass is 286 g/mol. The Balaban J connectivity index is 1.88.